The minimum Gasteiger partial charge on any atom is -0.352 e. The van der Waals surface area contributed by atoms with E-state index in [2.05, 4.69) is 39.9 Å². The molecule has 1 N–H and O–H groups in total. The van der Waals surface area contributed by atoms with Gasteiger partial charge in [-0.15, -0.1) is 0 Å². The van der Waals surface area contributed by atoms with Gasteiger partial charge in [0.05, 0.1) is 0 Å². The van der Waals surface area contributed by atoms with Crippen LogP contribution < -0.4 is 5.32 Å². The van der Waals surface area contributed by atoms with Gasteiger partial charge in [-0.25, -0.2) is 0 Å². The van der Waals surface area contributed by atoms with Gasteiger partial charge in [0.1, 0.15) is 0 Å². The highest BCUT2D eigenvalue weighted by molar-refractivity contribution is 14.1. The number of carbonyl (C=O) groups is 1. The highest BCUT2D eigenvalue weighted by Crippen LogP contribution is 2.13. The Balaban J connectivity index is 1.85. The normalized spacial score (nSPS) is 20.5. The number of halogens is 1. The summed E-state index contributed by atoms with van der Waals surface area (Å²) >= 11 is 2.22. The zero-order valence-corrected chi connectivity index (χ0v) is 12.1. The van der Waals surface area contributed by atoms with E-state index >= 15 is 0 Å². The van der Waals surface area contributed by atoms with Gasteiger partial charge in [0.2, 0.25) is 0 Å². The molecular weight excluding hydrogens is 327 g/mol. The molecule has 0 aliphatic carbocycles. The average Bonchev–Trinajstić information content (AvgIpc) is 2.72. The number of carbonyl (C=O) groups excluding carboxylic acids is 1. The lowest BCUT2D eigenvalue weighted by atomic mass is 10.1. The Labute approximate surface area is 116 Å². The molecule has 1 atom stereocenters. The number of amides is 1. The third-order valence-electron chi connectivity index (χ3n) is 3.13. The van der Waals surface area contributed by atoms with Gasteiger partial charge in [0.25, 0.3) is 5.91 Å². The molecule has 0 spiro atoms. The topological polar surface area (TPSA) is 32.3 Å². The first-order valence-corrected chi connectivity index (χ1v) is 6.95. The van der Waals surface area contributed by atoms with Crippen molar-refractivity contribution in [1.82, 2.24) is 10.2 Å². The maximum absolute atomic E-state index is 11.9. The number of rotatable bonds is 3. The summed E-state index contributed by atoms with van der Waals surface area (Å²) in [6.45, 7) is 3.02. The number of benzene rings is 1. The number of hydrogen-bond donors (Lipinski definition) is 1. The Morgan fingerprint density at radius 2 is 2.41 bits per heavy atom. The van der Waals surface area contributed by atoms with Gasteiger partial charge in [-0.3, -0.25) is 4.79 Å². The number of likely N-dealkylation sites (tertiary alicyclic amines) is 1. The third-order valence-corrected chi connectivity index (χ3v) is 3.80. The predicted molar refractivity (Wildman–Crippen MR) is 77.1 cm³/mol. The highest BCUT2D eigenvalue weighted by atomic mass is 127. The zero-order chi connectivity index (χ0) is 12.3. The molecule has 3 nitrogen and oxygen atoms in total. The molecule has 17 heavy (non-hydrogen) atoms. The first-order chi connectivity index (χ1) is 8.15. The molecule has 92 valence electrons. The fourth-order valence-corrected chi connectivity index (χ4v) is 2.70. The molecule has 0 bridgehead atoms. The molecule has 1 aromatic carbocycles. The molecule has 1 amide bonds. The van der Waals surface area contributed by atoms with E-state index in [0.29, 0.717) is 5.92 Å². The van der Waals surface area contributed by atoms with Crippen LogP contribution in [0.1, 0.15) is 16.8 Å². The van der Waals surface area contributed by atoms with Crippen LogP contribution >= 0.6 is 22.6 Å². The number of hydrogen-bond acceptors (Lipinski definition) is 2. The van der Waals surface area contributed by atoms with Crippen LogP contribution in [0, 0.1) is 9.49 Å². The van der Waals surface area contributed by atoms with Crippen molar-refractivity contribution >= 4 is 28.5 Å². The predicted octanol–water partition coefficient (Wildman–Crippen LogP) is 1.97. The smallest absolute Gasteiger partial charge is 0.251 e. The van der Waals surface area contributed by atoms with Crippen molar-refractivity contribution in [2.75, 3.05) is 26.7 Å². The van der Waals surface area contributed by atoms with Crippen LogP contribution in [0.15, 0.2) is 24.3 Å². The van der Waals surface area contributed by atoms with Crippen LogP contribution in [-0.2, 0) is 0 Å². The number of nitrogens with zero attached hydrogens (tertiary/aromatic N) is 1. The molecule has 0 saturated carbocycles. The Hall–Kier alpha value is -0.620. The van der Waals surface area contributed by atoms with Crippen LogP contribution in [0.25, 0.3) is 0 Å². The largest absolute Gasteiger partial charge is 0.352 e. The van der Waals surface area contributed by atoms with Gasteiger partial charge in [-0.1, -0.05) is 6.07 Å². The fraction of sp³-hybridized carbons (Fsp3) is 0.462. The maximum Gasteiger partial charge on any atom is 0.251 e. The lowest BCUT2D eigenvalue weighted by Crippen LogP contribution is -2.30. The second kappa shape index (κ2) is 5.82. The van der Waals surface area contributed by atoms with Gasteiger partial charge >= 0.3 is 0 Å². The molecular formula is C13H17IN2O. The molecule has 1 unspecified atom stereocenters. The van der Waals surface area contributed by atoms with E-state index in [1.165, 1.54) is 6.42 Å². The summed E-state index contributed by atoms with van der Waals surface area (Å²) in [7, 11) is 2.13. The van der Waals surface area contributed by atoms with Gasteiger partial charge in [-0.2, -0.15) is 0 Å². The van der Waals surface area contributed by atoms with E-state index in [9.17, 15) is 4.79 Å². The van der Waals surface area contributed by atoms with Crippen molar-refractivity contribution in [2.45, 2.75) is 6.42 Å². The van der Waals surface area contributed by atoms with E-state index in [-0.39, 0.29) is 5.91 Å². The van der Waals surface area contributed by atoms with Crippen molar-refractivity contribution in [3.8, 4) is 0 Å². The lowest BCUT2D eigenvalue weighted by Gasteiger charge is -2.11. The molecule has 1 saturated heterocycles. The van der Waals surface area contributed by atoms with Crippen LogP contribution in [-0.4, -0.2) is 37.5 Å². The summed E-state index contributed by atoms with van der Waals surface area (Å²) in [5.41, 5.74) is 0.753. The van der Waals surface area contributed by atoms with Crippen LogP contribution in [0.4, 0.5) is 0 Å². The van der Waals surface area contributed by atoms with Crippen molar-refractivity contribution < 1.29 is 4.79 Å². The monoisotopic (exact) mass is 344 g/mol. The average molecular weight is 344 g/mol. The van der Waals surface area contributed by atoms with E-state index in [0.717, 1.165) is 28.8 Å². The van der Waals surface area contributed by atoms with E-state index in [4.69, 9.17) is 0 Å². The van der Waals surface area contributed by atoms with E-state index in [1.807, 2.05) is 24.3 Å². The Bertz CT molecular complexity index is 408. The second-order valence-corrected chi connectivity index (χ2v) is 5.88. The summed E-state index contributed by atoms with van der Waals surface area (Å²) in [6, 6.07) is 7.68. The summed E-state index contributed by atoms with van der Waals surface area (Å²) in [6.07, 6.45) is 1.18. The van der Waals surface area contributed by atoms with E-state index < -0.39 is 0 Å². The molecule has 1 aliphatic heterocycles. The summed E-state index contributed by atoms with van der Waals surface area (Å²) in [5.74, 6) is 0.643. The third kappa shape index (κ3) is 3.67. The van der Waals surface area contributed by atoms with Crippen LogP contribution in [0.2, 0.25) is 0 Å². The van der Waals surface area contributed by atoms with Crippen molar-refractivity contribution in [2.24, 2.45) is 5.92 Å². The Morgan fingerprint density at radius 1 is 1.59 bits per heavy atom. The molecule has 1 heterocycles. The minimum absolute atomic E-state index is 0.0399. The summed E-state index contributed by atoms with van der Waals surface area (Å²) in [4.78, 5) is 14.2. The maximum atomic E-state index is 11.9. The molecule has 4 heteroatoms. The van der Waals surface area contributed by atoms with Crippen LogP contribution in [0.3, 0.4) is 0 Å². The van der Waals surface area contributed by atoms with Gasteiger partial charge in [0, 0.05) is 22.2 Å². The molecule has 1 aromatic rings. The van der Waals surface area contributed by atoms with Crippen molar-refractivity contribution in [3.05, 3.63) is 33.4 Å². The zero-order valence-electron chi connectivity index (χ0n) is 9.95. The summed E-state index contributed by atoms with van der Waals surface area (Å²) in [5, 5.41) is 3.02. The van der Waals surface area contributed by atoms with Gasteiger partial charge in [0.15, 0.2) is 0 Å². The first kappa shape index (κ1) is 12.8. The highest BCUT2D eigenvalue weighted by Gasteiger charge is 2.19. The van der Waals surface area contributed by atoms with Crippen LogP contribution in [0.5, 0.6) is 0 Å². The Kier molecular flexibility index (Phi) is 4.39. The van der Waals surface area contributed by atoms with Gasteiger partial charge < -0.3 is 10.2 Å². The molecule has 1 aliphatic rings. The fourth-order valence-electron chi connectivity index (χ4n) is 2.16. The minimum atomic E-state index is 0.0399. The molecule has 2 rings (SSSR count). The van der Waals surface area contributed by atoms with Crippen molar-refractivity contribution in [3.63, 3.8) is 0 Å². The first-order valence-electron chi connectivity index (χ1n) is 5.87. The lowest BCUT2D eigenvalue weighted by molar-refractivity contribution is 0.0947. The van der Waals surface area contributed by atoms with E-state index in [1.54, 1.807) is 0 Å². The molecule has 0 aromatic heterocycles. The number of nitrogens with one attached hydrogen (secondary N) is 1. The second-order valence-electron chi connectivity index (χ2n) is 4.64. The molecule has 0 radical (unpaired) electrons. The summed E-state index contributed by atoms with van der Waals surface area (Å²) < 4.78 is 1.09. The van der Waals surface area contributed by atoms with Crippen molar-refractivity contribution in [1.29, 1.82) is 0 Å². The van der Waals surface area contributed by atoms with Gasteiger partial charge in [-0.05, 0) is 66.7 Å². The quantitative estimate of drug-likeness (QED) is 0.851. The Morgan fingerprint density at radius 3 is 3.06 bits per heavy atom. The SMILES string of the molecule is CN1CCC(CNC(=O)c2cccc(I)c2)C1. The molecule has 1 fully saturated rings. The standard InChI is InChI=1S/C13H17IN2O/c1-16-6-5-10(9-16)8-15-13(17)11-3-2-4-12(14)7-11/h2-4,7,10H,5-6,8-9H2,1H3,(H,15,17).